The molecule has 0 saturated heterocycles. The fraction of sp³-hybridized carbons (Fsp3) is 0.214. The molecular formula is C28H30N6O3. The van der Waals surface area contributed by atoms with Gasteiger partial charge in [0, 0.05) is 28.1 Å². The number of rotatable bonds is 7. The zero-order chi connectivity index (χ0) is 26.6. The number of aromatic nitrogens is 3. The maximum Gasteiger partial charge on any atom is 0.255 e. The van der Waals surface area contributed by atoms with Crippen LogP contribution in [0.25, 0.3) is 11.4 Å². The molecule has 9 nitrogen and oxygen atoms in total. The van der Waals surface area contributed by atoms with E-state index in [2.05, 4.69) is 46.4 Å². The lowest BCUT2D eigenvalue weighted by atomic mass is 9.86. The molecule has 37 heavy (non-hydrogen) atoms. The van der Waals surface area contributed by atoms with Gasteiger partial charge in [0.25, 0.3) is 5.91 Å². The summed E-state index contributed by atoms with van der Waals surface area (Å²) in [5, 5.41) is 25.4. The third-order valence-corrected chi connectivity index (χ3v) is 5.88. The number of aliphatic hydroxyl groups is 2. The second-order valence-electron chi connectivity index (χ2n) is 9.59. The monoisotopic (exact) mass is 498 g/mol. The van der Waals surface area contributed by atoms with Gasteiger partial charge in [0.1, 0.15) is 0 Å². The van der Waals surface area contributed by atoms with Crippen molar-refractivity contribution < 1.29 is 15.0 Å². The van der Waals surface area contributed by atoms with Gasteiger partial charge in [-0.25, -0.2) is 0 Å². The number of nitrogens with zero attached hydrogens (tertiary/aromatic N) is 3. The Morgan fingerprint density at radius 3 is 2.22 bits per heavy atom. The summed E-state index contributed by atoms with van der Waals surface area (Å²) in [6, 6.07) is 19.8. The Balaban J connectivity index is 1.61. The third kappa shape index (κ3) is 6.08. The Morgan fingerprint density at radius 1 is 0.892 bits per heavy atom. The van der Waals surface area contributed by atoms with Crippen LogP contribution in [0.5, 0.6) is 0 Å². The van der Waals surface area contributed by atoms with Gasteiger partial charge in [-0.1, -0.05) is 57.2 Å². The minimum Gasteiger partial charge on any atom is -0.392 e. The van der Waals surface area contributed by atoms with Crippen LogP contribution in [0, 0.1) is 0 Å². The van der Waals surface area contributed by atoms with E-state index < -0.39 is 0 Å². The first-order chi connectivity index (χ1) is 17.7. The first kappa shape index (κ1) is 25.7. The fourth-order valence-electron chi connectivity index (χ4n) is 3.79. The zero-order valence-corrected chi connectivity index (χ0v) is 21.0. The van der Waals surface area contributed by atoms with E-state index in [1.165, 1.54) is 0 Å². The number of nitrogen functional groups attached to an aromatic ring is 1. The van der Waals surface area contributed by atoms with Crippen molar-refractivity contribution in [3.8, 4) is 11.4 Å². The molecule has 1 aromatic heterocycles. The Kier molecular flexibility index (Phi) is 7.47. The van der Waals surface area contributed by atoms with Crippen LogP contribution in [0.3, 0.4) is 0 Å². The van der Waals surface area contributed by atoms with Crippen molar-refractivity contribution in [1.82, 2.24) is 15.0 Å². The average molecular weight is 499 g/mol. The molecule has 190 valence electrons. The lowest BCUT2D eigenvalue weighted by Gasteiger charge is -2.19. The van der Waals surface area contributed by atoms with Crippen LogP contribution in [-0.2, 0) is 18.6 Å². The van der Waals surface area contributed by atoms with Gasteiger partial charge in [-0.2, -0.15) is 15.0 Å². The molecule has 0 bridgehead atoms. The predicted molar refractivity (Wildman–Crippen MR) is 144 cm³/mol. The minimum atomic E-state index is -0.355. The van der Waals surface area contributed by atoms with Gasteiger partial charge in [0.15, 0.2) is 5.82 Å². The molecule has 9 heteroatoms. The molecule has 0 unspecified atom stereocenters. The highest BCUT2D eigenvalue weighted by molar-refractivity contribution is 6.05. The van der Waals surface area contributed by atoms with E-state index in [-0.39, 0.29) is 42.3 Å². The Hall–Kier alpha value is -4.34. The summed E-state index contributed by atoms with van der Waals surface area (Å²) in [7, 11) is 0. The molecule has 4 aromatic rings. The lowest BCUT2D eigenvalue weighted by Crippen LogP contribution is -2.15. The molecule has 0 fully saturated rings. The normalized spacial score (nSPS) is 11.3. The van der Waals surface area contributed by atoms with Crippen LogP contribution in [0.4, 0.5) is 23.3 Å². The van der Waals surface area contributed by atoms with Crippen molar-refractivity contribution in [2.45, 2.75) is 39.4 Å². The first-order valence-corrected chi connectivity index (χ1v) is 11.8. The number of nitrogens with two attached hydrogens (primary N) is 1. The second kappa shape index (κ2) is 10.7. The smallest absolute Gasteiger partial charge is 0.255 e. The van der Waals surface area contributed by atoms with E-state index in [4.69, 9.17) is 5.73 Å². The molecule has 1 amide bonds. The van der Waals surface area contributed by atoms with Crippen molar-refractivity contribution >= 4 is 29.2 Å². The number of carbonyl (C=O) groups excluding carboxylic acids is 1. The number of hydrogen-bond donors (Lipinski definition) is 5. The van der Waals surface area contributed by atoms with E-state index in [0.29, 0.717) is 28.1 Å². The molecule has 6 N–H and O–H groups in total. The van der Waals surface area contributed by atoms with Crippen LogP contribution in [0.1, 0.15) is 47.8 Å². The summed E-state index contributed by atoms with van der Waals surface area (Å²) in [6.07, 6.45) is 0. The summed E-state index contributed by atoms with van der Waals surface area (Å²) in [6.45, 7) is 5.93. The molecule has 0 aliphatic carbocycles. The zero-order valence-electron chi connectivity index (χ0n) is 21.0. The maximum absolute atomic E-state index is 13.0. The van der Waals surface area contributed by atoms with Gasteiger partial charge in [-0.3, -0.25) is 4.79 Å². The number of amides is 1. The SMILES string of the molecule is CC(C)(C)c1ccc(C(=O)Nc2cccc(-c3nc(N)nc(Nc4ccc(CO)cc4)n3)c2CO)cc1. The molecular weight excluding hydrogens is 468 g/mol. The topological polar surface area (TPSA) is 146 Å². The fourth-order valence-corrected chi connectivity index (χ4v) is 3.79. The van der Waals surface area contributed by atoms with Crippen LogP contribution in [0.2, 0.25) is 0 Å². The standard InChI is InChI=1S/C28H30N6O3/c1-28(2,3)19-11-9-18(10-12-19)25(37)31-23-6-4-5-21(22(23)16-36)24-32-26(29)34-27(33-24)30-20-13-7-17(15-35)8-14-20/h4-14,35-36H,15-16H2,1-3H3,(H,31,37)(H3,29,30,32,33,34). The van der Waals surface area contributed by atoms with Gasteiger partial charge in [0.05, 0.1) is 13.2 Å². The Morgan fingerprint density at radius 2 is 1.59 bits per heavy atom. The molecule has 0 atom stereocenters. The summed E-state index contributed by atoms with van der Waals surface area (Å²) in [5.74, 6) is 0.168. The van der Waals surface area contributed by atoms with E-state index in [0.717, 1.165) is 11.1 Å². The summed E-state index contributed by atoms with van der Waals surface area (Å²) < 4.78 is 0. The lowest BCUT2D eigenvalue weighted by molar-refractivity contribution is 0.102. The van der Waals surface area contributed by atoms with Gasteiger partial charge in [-0.05, 0) is 46.9 Å². The van der Waals surface area contributed by atoms with Gasteiger partial charge >= 0.3 is 0 Å². The Labute approximate surface area is 215 Å². The molecule has 0 radical (unpaired) electrons. The molecule has 1 heterocycles. The van der Waals surface area contributed by atoms with Crippen LogP contribution >= 0.6 is 0 Å². The largest absolute Gasteiger partial charge is 0.392 e. The van der Waals surface area contributed by atoms with Gasteiger partial charge in [-0.15, -0.1) is 0 Å². The highest BCUT2D eigenvalue weighted by Crippen LogP contribution is 2.29. The van der Waals surface area contributed by atoms with Crippen molar-refractivity contribution in [2.75, 3.05) is 16.4 Å². The number of nitrogens with one attached hydrogen (secondary N) is 2. The maximum atomic E-state index is 13.0. The minimum absolute atomic E-state index is 0.00301. The van der Waals surface area contributed by atoms with E-state index in [1.54, 1.807) is 54.6 Å². The van der Waals surface area contributed by atoms with E-state index in [1.807, 2.05) is 12.1 Å². The molecule has 3 aromatic carbocycles. The number of anilines is 4. The quantitative estimate of drug-likeness (QED) is 0.252. The number of aliphatic hydroxyl groups excluding tert-OH is 2. The summed E-state index contributed by atoms with van der Waals surface area (Å²) >= 11 is 0. The predicted octanol–water partition coefficient (Wildman–Crippen LogP) is 4.40. The molecule has 0 aliphatic heterocycles. The summed E-state index contributed by atoms with van der Waals surface area (Å²) in [4.78, 5) is 25.8. The van der Waals surface area contributed by atoms with Crippen molar-refractivity contribution in [3.05, 3.63) is 89.0 Å². The number of hydrogen-bond acceptors (Lipinski definition) is 8. The molecule has 4 rings (SSSR count). The third-order valence-electron chi connectivity index (χ3n) is 5.88. The van der Waals surface area contributed by atoms with E-state index >= 15 is 0 Å². The number of benzene rings is 3. The highest BCUT2D eigenvalue weighted by atomic mass is 16.3. The van der Waals surface area contributed by atoms with Crippen LogP contribution in [0.15, 0.2) is 66.7 Å². The van der Waals surface area contributed by atoms with Crippen molar-refractivity contribution in [1.29, 1.82) is 0 Å². The average Bonchev–Trinajstić information content (AvgIpc) is 2.88. The Bertz CT molecular complexity index is 1400. The number of carbonyl (C=O) groups is 1. The van der Waals surface area contributed by atoms with Crippen molar-refractivity contribution in [3.63, 3.8) is 0 Å². The molecule has 0 saturated carbocycles. The summed E-state index contributed by atoms with van der Waals surface area (Å²) in [5.41, 5.74) is 10.5. The van der Waals surface area contributed by atoms with Gasteiger partial charge < -0.3 is 26.6 Å². The second-order valence-corrected chi connectivity index (χ2v) is 9.59. The van der Waals surface area contributed by atoms with Gasteiger partial charge in [0.2, 0.25) is 11.9 Å². The highest BCUT2D eigenvalue weighted by Gasteiger charge is 2.18. The van der Waals surface area contributed by atoms with E-state index in [9.17, 15) is 15.0 Å². The van der Waals surface area contributed by atoms with Crippen LogP contribution in [-0.4, -0.2) is 31.1 Å². The molecule has 0 aliphatic rings. The first-order valence-electron chi connectivity index (χ1n) is 11.8. The van der Waals surface area contributed by atoms with Crippen molar-refractivity contribution in [2.24, 2.45) is 0 Å². The van der Waals surface area contributed by atoms with Crippen LogP contribution < -0.4 is 16.4 Å². The molecule has 0 spiro atoms.